The Labute approximate surface area is 116 Å². The van der Waals surface area contributed by atoms with Crippen LogP contribution in [0.15, 0.2) is 18.2 Å². The summed E-state index contributed by atoms with van der Waals surface area (Å²) < 4.78 is 37.7. The SMILES string of the molecule is CCN(CC(=O)N(C)C)c1ccc(C(F)(F)F)cc1N. The number of nitrogens with two attached hydrogens (primary N) is 1. The fourth-order valence-electron chi connectivity index (χ4n) is 1.69. The van der Waals surface area contributed by atoms with Crippen LogP contribution < -0.4 is 10.6 Å². The third kappa shape index (κ3) is 3.79. The number of hydrogen-bond acceptors (Lipinski definition) is 3. The normalized spacial score (nSPS) is 11.3. The van der Waals surface area contributed by atoms with Crippen molar-refractivity contribution in [1.29, 1.82) is 0 Å². The number of benzene rings is 1. The van der Waals surface area contributed by atoms with Gasteiger partial charge in [0.15, 0.2) is 0 Å². The van der Waals surface area contributed by atoms with Crippen LogP contribution in [0.2, 0.25) is 0 Å². The average molecular weight is 289 g/mol. The Morgan fingerprint density at radius 2 is 1.90 bits per heavy atom. The number of rotatable bonds is 4. The summed E-state index contributed by atoms with van der Waals surface area (Å²) in [7, 11) is 3.23. The summed E-state index contributed by atoms with van der Waals surface area (Å²) in [5, 5.41) is 0. The molecule has 1 amide bonds. The number of nitrogens with zero attached hydrogens (tertiary/aromatic N) is 2. The number of likely N-dealkylation sites (N-methyl/N-ethyl adjacent to an activating group) is 2. The van der Waals surface area contributed by atoms with Crippen molar-refractivity contribution in [1.82, 2.24) is 4.90 Å². The highest BCUT2D eigenvalue weighted by molar-refractivity contribution is 5.83. The molecule has 0 atom stereocenters. The van der Waals surface area contributed by atoms with Crippen LogP contribution in [0, 0.1) is 0 Å². The zero-order valence-electron chi connectivity index (χ0n) is 11.7. The molecule has 0 aliphatic rings. The van der Waals surface area contributed by atoms with Crippen LogP contribution in [-0.2, 0) is 11.0 Å². The molecule has 4 nitrogen and oxygen atoms in total. The number of nitrogen functional groups attached to an aromatic ring is 1. The number of anilines is 2. The van der Waals surface area contributed by atoms with Crippen molar-refractivity contribution in [3.8, 4) is 0 Å². The Morgan fingerprint density at radius 3 is 2.30 bits per heavy atom. The molecule has 112 valence electrons. The molecule has 0 radical (unpaired) electrons. The predicted octanol–water partition coefficient (Wildman–Crippen LogP) is 2.20. The summed E-state index contributed by atoms with van der Waals surface area (Å²) in [5.74, 6) is -0.147. The van der Waals surface area contributed by atoms with E-state index in [9.17, 15) is 18.0 Å². The number of halogens is 3. The molecule has 1 rings (SSSR count). The molecule has 0 fully saturated rings. The second-order valence-corrected chi connectivity index (χ2v) is 4.57. The minimum atomic E-state index is -4.43. The molecule has 0 spiro atoms. The summed E-state index contributed by atoms with van der Waals surface area (Å²) in [6.07, 6.45) is -4.43. The highest BCUT2D eigenvalue weighted by Crippen LogP contribution is 2.34. The van der Waals surface area contributed by atoms with E-state index in [1.54, 1.807) is 25.9 Å². The topological polar surface area (TPSA) is 49.6 Å². The van der Waals surface area contributed by atoms with Gasteiger partial charge < -0.3 is 15.5 Å². The molecule has 0 saturated carbocycles. The largest absolute Gasteiger partial charge is 0.416 e. The average Bonchev–Trinajstić information content (AvgIpc) is 2.34. The van der Waals surface area contributed by atoms with E-state index in [2.05, 4.69) is 0 Å². The third-order valence-corrected chi connectivity index (χ3v) is 2.90. The highest BCUT2D eigenvalue weighted by Gasteiger charge is 2.31. The molecule has 7 heteroatoms. The maximum Gasteiger partial charge on any atom is 0.416 e. The Kier molecular flexibility index (Phi) is 4.86. The van der Waals surface area contributed by atoms with E-state index in [0.29, 0.717) is 12.2 Å². The lowest BCUT2D eigenvalue weighted by Crippen LogP contribution is -2.36. The molecule has 0 aromatic heterocycles. The van der Waals surface area contributed by atoms with Crippen LogP contribution in [0.1, 0.15) is 12.5 Å². The highest BCUT2D eigenvalue weighted by atomic mass is 19.4. The van der Waals surface area contributed by atoms with Gasteiger partial charge >= 0.3 is 6.18 Å². The lowest BCUT2D eigenvalue weighted by atomic mass is 10.1. The van der Waals surface area contributed by atoms with Gasteiger partial charge in [-0.15, -0.1) is 0 Å². The third-order valence-electron chi connectivity index (χ3n) is 2.90. The molecule has 0 saturated heterocycles. The van der Waals surface area contributed by atoms with E-state index >= 15 is 0 Å². The van der Waals surface area contributed by atoms with Gasteiger partial charge in [-0.25, -0.2) is 0 Å². The van der Waals surface area contributed by atoms with E-state index in [-0.39, 0.29) is 18.1 Å². The molecule has 0 aliphatic carbocycles. The van der Waals surface area contributed by atoms with Gasteiger partial charge in [0.1, 0.15) is 0 Å². The fraction of sp³-hybridized carbons (Fsp3) is 0.462. The lowest BCUT2D eigenvalue weighted by Gasteiger charge is -2.26. The first-order chi connectivity index (χ1) is 9.16. The van der Waals surface area contributed by atoms with Gasteiger partial charge in [-0.2, -0.15) is 13.2 Å². The van der Waals surface area contributed by atoms with Crippen LogP contribution >= 0.6 is 0 Å². The second-order valence-electron chi connectivity index (χ2n) is 4.57. The number of carbonyl (C=O) groups is 1. The fourth-order valence-corrected chi connectivity index (χ4v) is 1.69. The molecule has 1 aromatic carbocycles. The Hall–Kier alpha value is -1.92. The number of carbonyl (C=O) groups excluding carboxylic acids is 1. The predicted molar refractivity (Wildman–Crippen MR) is 72.4 cm³/mol. The smallest absolute Gasteiger partial charge is 0.397 e. The summed E-state index contributed by atoms with van der Waals surface area (Å²) in [5.41, 5.74) is 5.32. The summed E-state index contributed by atoms with van der Waals surface area (Å²) >= 11 is 0. The molecule has 0 bridgehead atoms. The Morgan fingerprint density at radius 1 is 1.30 bits per heavy atom. The van der Waals surface area contributed by atoms with E-state index in [0.717, 1.165) is 12.1 Å². The molecule has 20 heavy (non-hydrogen) atoms. The van der Waals surface area contributed by atoms with Crippen LogP contribution in [0.4, 0.5) is 24.5 Å². The zero-order chi connectivity index (χ0) is 15.5. The molecule has 2 N–H and O–H groups in total. The number of amides is 1. The van der Waals surface area contributed by atoms with Gasteiger partial charge in [0, 0.05) is 20.6 Å². The summed E-state index contributed by atoms with van der Waals surface area (Å²) in [6.45, 7) is 2.34. The van der Waals surface area contributed by atoms with Gasteiger partial charge in [-0.1, -0.05) is 0 Å². The van der Waals surface area contributed by atoms with Gasteiger partial charge in [0.2, 0.25) is 5.91 Å². The minimum Gasteiger partial charge on any atom is -0.397 e. The van der Waals surface area contributed by atoms with Crippen molar-refractivity contribution in [3.63, 3.8) is 0 Å². The standard InChI is InChI=1S/C13H18F3N3O/c1-4-19(8-12(20)18(2)3)11-6-5-9(7-10(11)17)13(14,15)16/h5-7H,4,8,17H2,1-3H3. The van der Waals surface area contributed by atoms with Gasteiger partial charge in [-0.05, 0) is 25.1 Å². The maximum atomic E-state index is 12.6. The van der Waals surface area contributed by atoms with Crippen LogP contribution in [0.3, 0.4) is 0 Å². The minimum absolute atomic E-state index is 0.00762. The first-order valence-corrected chi connectivity index (χ1v) is 6.08. The van der Waals surface area contributed by atoms with Crippen LogP contribution in [0.25, 0.3) is 0 Å². The zero-order valence-corrected chi connectivity index (χ0v) is 11.7. The molecule has 0 heterocycles. The van der Waals surface area contributed by atoms with E-state index in [1.807, 2.05) is 0 Å². The molecule has 1 aromatic rings. The molecular formula is C13H18F3N3O. The lowest BCUT2D eigenvalue weighted by molar-refractivity contribution is -0.137. The number of hydrogen-bond donors (Lipinski definition) is 1. The summed E-state index contributed by atoms with van der Waals surface area (Å²) in [4.78, 5) is 14.7. The van der Waals surface area contributed by atoms with Crippen molar-refractivity contribution in [2.24, 2.45) is 0 Å². The first kappa shape index (κ1) is 16.1. The summed E-state index contributed by atoms with van der Waals surface area (Å²) in [6, 6.07) is 3.15. The van der Waals surface area contributed by atoms with Crippen molar-refractivity contribution >= 4 is 17.3 Å². The van der Waals surface area contributed by atoms with Crippen molar-refractivity contribution < 1.29 is 18.0 Å². The monoisotopic (exact) mass is 289 g/mol. The van der Waals surface area contributed by atoms with Gasteiger partial charge in [-0.3, -0.25) is 4.79 Å². The quantitative estimate of drug-likeness (QED) is 0.865. The van der Waals surface area contributed by atoms with Crippen LogP contribution in [0.5, 0.6) is 0 Å². The number of alkyl halides is 3. The Bertz CT molecular complexity index is 486. The second kappa shape index (κ2) is 6.02. The molecule has 0 unspecified atom stereocenters. The maximum absolute atomic E-state index is 12.6. The molecule has 0 aliphatic heterocycles. The van der Waals surface area contributed by atoms with E-state index in [4.69, 9.17) is 5.73 Å². The van der Waals surface area contributed by atoms with Gasteiger partial charge in [0.05, 0.1) is 23.5 Å². The van der Waals surface area contributed by atoms with E-state index in [1.165, 1.54) is 11.0 Å². The van der Waals surface area contributed by atoms with Crippen molar-refractivity contribution in [2.75, 3.05) is 37.8 Å². The van der Waals surface area contributed by atoms with Crippen molar-refractivity contribution in [2.45, 2.75) is 13.1 Å². The van der Waals surface area contributed by atoms with E-state index < -0.39 is 11.7 Å². The molecular weight excluding hydrogens is 271 g/mol. The van der Waals surface area contributed by atoms with Crippen LogP contribution in [-0.4, -0.2) is 38.0 Å². The Balaban J connectivity index is 3.03. The first-order valence-electron chi connectivity index (χ1n) is 6.08. The van der Waals surface area contributed by atoms with Gasteiger partial charge in [0.25, 0.3) is 0 Å². The van der Waals surface area contributed by atoms with Crippen molar-refractivity contribution in [3.05, 3.63) is 23.8 Å².